The van der Waals surface area contributed by atoms with Crippen molar-refractivity contribution < 1.29 is 19.4 Å². The van der Waals surface area contributed by atoms with Crippen LogP contribution in [-0.2, 0) is 27.4 Å². The number of rotatable bonds is 7. The lowest BCUT2D eigenvalue weighted by Crippen LogP contribution is -2.30. The Kier molecular flexibility index (Phi) is 6.66. The monoisotopic (exact) mass is 293 g/mol. The number of carbonyl (C=O) groups is 1. The SMILES string of the molecule is O=C(COC[C@@H]1CCCCO1)NCc1cccc(CO)c1. The standard InChI is InChI=1S/C16H23NO4/c18-10-14-5-3-4-13(8-14)9-17-16(19)12-20-11-15-6-1-2-7-21-15/h3-5,8,15,18H,1-2,6-7,9-12H2,(H,17,19)/t15-/m0/s1. The molecule has 1 aliphatic heterocycles. The van der Waals surface area contributed by atoms with E-state index < -0.39 is 0 Å². The number of hydrogen-bond donors (Lipinski definition) is 2. The van der Waals surface area contributed by atoms with E-state index in [2.05, 4.69) is 5.32 Å². The summed E-state index contributed by atoms with van der Waals surface area (Å²) in [6.07, 6.45) is 3.42. The molecule has 0 unspecified atom stereocenters. The molecule has 116 valence electrons. The third-order valence-corrected chi connectivity index (χ3v) is 3.47. The molecular weight excluding hydrogens is 270 g/mol. The topological polar surface area (TPSA) is 67.8 Å². The number of ether oxygens (including phenoxy) is 2. The highest BCUT2D eigenvalue weighted by Gasteiger charge is 2.14. The molecule has 0 saturated carbocycles. The maximum atomic E-state index is 11.7. The lowest BCUT2D eigenvalue weighted by molar-refractivity contribution is -0.128. The average Bonchev–Trinajstić information content (AvgIpc) is 2.54. The van der Waals surface area contributed by atoms with Gasteiger partial charge in [-0.2, -0.15) is 0 Å². The summed E-state index contributed by atoms with van der Waals surface area (Å²) >= 11 is 0. The van der Waals surface area contributed by atoms with Crippen LogP contribution in [0.5, 0.6) is 0 Å². The second kappa shape index (κ2) is 8.77. The molecule has 1 aromatic carbocycles. The van der Waals surface area contributed by atoms with Gasteiger partial charge in [0.1, 0.15) is 6.61 Å². The Balaban J connectivity index is 1.62. The molecule has 1 aromatic rings. The Labute approximate surface area is 125 Å². The van der Waals surface area contributed by atoms with Gasteiger partial charge in [-0.15, -0.1) is 0 Å². The fourth-order valence-corrected chi connectivity index (χ4v) is 2.31. The Morgan fingerprint density at radius 1 is 1.38 bits per heavy atom. The first-order valence-electron chi connectivity index (χ1n) is 7.42. The largest absolute Gasteiger partial charge is 0.392 e. The predicted octanol–water partition coefficient (Wildman–Crippen LogP) is 1.38. The van der Waals surface area contributed by atoms with Gasteiger partial charge in [0.2, 0.25) is 5.91 Å². The molecule has 0 radical (unpaired) electrons. The van der Waals surface area contributed by atoms with Crippen molar-refractivity contribution in [2.24, 2.45) is 0 Å². The molecule has 2 rings (SSSR count). The number of nitrogens with one attached hydrogen (secondary N) is 1. The molecule has 1 heterocycles. The fourth-order valence-electron chi connectivity index (χ4n) is 2.31. The van der Waals surface area contributed by atoms with Gasteiger partial charge in [-0.25, -0.2) is 0 Å². The van der Waals surface area contributed by atoms with E-state index in [-0.39, 0.29) is 25.2 Å². The van der Waals surface area contributed by atoms with Crippen LogP contribution < -0.4 is 5.32 Å². The van der Waals surface area contributed by atoms with Crippen LogP contribution in [0.4, 0.5) is 0 Å². The van der Waals surface area contributed by atoms with E-state index in [4.69, 9.17) is 14.6 Å². The second-order valence-corrected chi connectivity index (χ2v) is 5.26. The van der Waals surface area contributed by atoms with Crippen molar-refractivity contribution in [3.63, 3.8) is 0 Å². The molecule has 1 aliphatic rings. The first-order chi connectivity index (χ1) is 10.3. The van der Waals surface area contributed by atoms with E-state index in [1.54, 1.807) is 0 Å². The van der Waals surface area contributed by atoms with Crippen molar-refractivity contribution in [1.29, 1.82) is 0 Å². The molecule has 0 aliphatic carbocycles. The molecule has 5 heteroatoms. The molecule has 5 nitrogen and oxygen atoms in total. The molecule has 1 saturated heterocycles. The van der Waals surface area contributed by atoms with E-state index in [1.807, 2.05) is 24.3 Å². The smallest absolute Gasteiger partial charge is 0.246 e. The van der Waals surface area contributed by atoms with Gasteiger partial charge < -0.3 is 19.9 Å². The summed E-state index contributed by atoms with van der Waals surface area (Å²) in [5.41, 5.74) is 1.80. The van der Waals surface area contributed by atoms with Crippen molar-refractivity contribution in [2.45, 2.75) is 38.5 Å². The summed E-state index contributed by atoms with van der Waals surface area (Å²) in [5, 5.41) is 11.9. The van der Waals surface area contributed by atoms with Crippen molar-refractivity contribution in [3.05, 3.63) is 35.4 Å². The molecule has 0 bridgehead atoms. The second-order valence-electron chi connectivity index (χ2n) is 5.26. The van der Waals surface area contributed by atoms with Crippen LogP contribution in [0.3, 0.4) is 0 Å². The maximum absolute atomic E-state index is 11.7. The number of amides is 1. The minimum Gasteiger partial charge on any atom is -0.392 e. The number of carbonyl (C=O) groups excluding carboxylic acids is 1. The molecule has 0 spiro atoms. The van der Waals surface area contributed by atoms with Gasteiger partial charge in [0, 0.05) is 13.2 Å². The predicted molar refractivity (Wildman–Crippen MR) is 78.6 cm³/mol. The molecule has 1 fully saturated rings. The van der Waals surface area contributed by atoms with E-state index in [1.165, 1.54) is 6.42 Å². The van der Waals surface area contributed by atoms with Gasteiger partial charge in [0.15, 0.2) is 0 Å². The normalized spacial score (nSPS) is 18.4. The van der Waals surface area contributed by atoms with Gasteiger partial charge in [0.25, 0.3) is 0 Å². The molecule has 2 N–H and O–H groups in total. The fraction of sp³-hybridized carbons (Fsp3) is 0.562. The van der Waals surface area contributed by atoms with Crippen LogP contribution >= 0.6 is 0 Å². The Hall–Kier alpha value is -1.43. The van der Waals surface area contributed by atoms with Crippen molar-refractivity contribution in [3.8, 4) is 0 Å². The number of aliphatic hydroxyl groups is 1. The maximum Gasteiger partial charge on any atom is 0.246 e. The quantitative estimate of drug-likeness (QED) is 0.797. The Bertz CT molecular complexity index is 444. The number of hydrogen-bond acceptors (Lipinski definition) is 4. The Morgan fingerprint density at radius 3 is 3.00 bits per heavy atom. The molecule has 1 atom stereocenters. The highest BCUT2D eigenvalue weighted by atomic mass is 16.5. The summed E-state index contributed by atoms with van der Waals surface area (Å²) < 4.78 is 10.9. The summed E-state index contributed by atoms with van der Waals surface area (Å²) in [5.74, 6) is -0.139. The number of aliphatic hydroxyl groups excluding tert-OH is 1. The summed E-state index contributed by atoms with van der Waals surface area (Å²) in [4.78, 5) is 11.7. The molecule has 1 amide bonds. The number of benzene rings is 1. The van der Waals surface area contributed by atoms with Gasteiger partial charge in [-0.05, 0) is 30.4 Å². The third-order valence-electron chi connectivity index (χ3n) is 3.47. The zero-order valence-corrected chi connectivity index (χ0v) is 12.2. The van der Waals surface area contributed by atoms with Crippen LogP contribution in [0.1, 0.15) is 30.4 Å². The third kappa shape index (κ3) is 5.83. The van der Waals surface area contributed by atoms with E-state index in [9.17, 15) is 4.79 Å². The summed E-state index contributed by atoms with van der Waals surface area (Å²) in [7, 11) is 0. The van der Waals surface area contributed by atoms with Crippen LogP contribution in [0, 0.1) is 0 Å². The van der Waals surface area contributed by atoms with Gasteiger partial charge in [-0.1, -0.05) is 24.3 Å². The van der Waals surface area contributed by atoms with Crippen LogP contribution in [-0.4, -0.2) is 36.9 Å². The Morgan fingerprint density at radius 2 is 2.24 bits per heavy atom. The summed E-state index contributed by atoms with van der Waals surface area (Å²) in [6, 6.07) is 7.50. The lowest BCUT2D eigenvalue weighted by atomic mass is 10.1. The van der Waals surface area contributed by atoms with Crippen LogP contribution in [0.25, 0.3) is 0 Å². The van der Waals surface area contributed by atoms with Gasteiger partial charge >= 0.3 is 0 Å². The minimum atomic E-state index is -0.139. The lowest BCUT2D eigenvalue weighted by Gasteiger charge is -2.22. The van der Waals surface area contributed by atoms with Crippen LogP contribution in [0.15, 0.2) is 24.3 Å². The average molecular weight is 293 g/mol. The molecule has 0 aromatic heterocycles. The summed E-state index contributed by atoms with van der Waals surface area (Å²) in [6.45, 7) is 1.77. The van der Waals surface area contributed by atoms with E-state index in [0.29, 0.717) is 13.2 Å². The zero-order chi connectivity index (χ0) is 14.9. The first kappa shape index (κ1) is 15.9. The van der Waals surface area contributed by atoms with Gasteiger partial charge in [0.05, 0.1) is 19.3 Å². The highest BCUT2D eigenvalue weighted by Crippen LogP contribution is 2.12. The highest BCUT2D eigenvalue weighted by molar-refractivity contribution is 5.77. The zero-order valence-electron chi connectivity index (χ0n) is 12.2. The van der Waals surface area contributed by atoms with Crippen molar-refractivity contribution in [2.75, 3.05) is 19.8 Å². The molecule has 21 heavy (non-hydrogen) atoms. The van der Waals surface area contributed by atoms with Crippen LogP contribution in [0.2, 0.25) is 0 Å². The van der Waals surface area contributed by atoms with Gasteiger partial charge in [-0.3, -0.25) is 4.79 Å². The van der Waals surface area contributed by atoms with Crippen molar-refractivity contribution >= 4 is 5.91 Å². The van der Waals surface area contributed by atoms with E-state index >= 15 is 0 Å². The first-order valence-corrected chi connectivity index (χ1v) is 7.42. The van der Waals surface area contributed by atoms with E-state index in [0.717, 1.165) is 30.6 Å². The molecular formula is C16H23NO4. The van der Waals surface area contributed by atoms with Crippen molar-refractivity contribution in [1.82, 2.24) is 5.32 Å². The minimum absolute atomic E-state index is 0.00624.